The Bertz CT molecular complexity index is 389. The summed E-state index contributed by atoms with van der Waals surface area (Å²) in [6.45, 7) is 4.46. The summed E-state index contributed by atoms with van der Waals surface area (Å²) in [6.07, 6.45) is -0.586. The quantitative estimate of drug-likeness (QED) is 0.194. The van der Waals surface area contributed by atoms with Gasteiger partial charge in [-0.05, 0) is 38.6 Å². The lowest BCUT2D eigenvalue weighted by Gasteiger charge is -2.25. The molecule has 21 heavy (non-hydrogen) atoms. The van der Waals surface area contributed by atoms with Crippen molar-refractivity contribution in [2.45, 2.75) is 45.3 Å². The summed E-state index contributed by atoms with van der Waals surface area (Å²) in [5, 5.41) is 19.7. The number of aliphatic imine (C=N–C) groups is 1. The Morgan fingerprint density at radius 3 is 2.43 bits per heavy atom. The van der Waals surface area contributed by atoms with Crippen molar-refractivity contribution in [1.29, 1.82) is 0 Å². The summed E-state index contributed by atoms with van der Waals surface area (Å²) in [7, 11) is 0. The van der Waals surface area contributed by atoms with Gasteiger partial charge in [-0.3, -0.25) is 4.99 Å². The number of carbonyl (C=O) groups is 1. The summed E-state index contributed by atoms with van der Waals surface area (Å²) >= 11 is 0. The van der Waals surface area contributed by atoms with E-state index in [1.54, 1.807) is 20.8 Å². The van der Waals surface area contributed by atoms with Crippen molar-refractivity contribution in [3.05, 3.63) is 10.1 Å². The fraction of sp³-hybridized carbons (Fsp3) is 0.818. The summed E-state index contributed by atoms with van der Waals surface area (Å²) in [5.41, 5.74) is 9.43. The predicted molar refractivity (Wildman–Crippen MR) is 75.9 cm³/mol. The fourth-order valence-corrected chi connectivity index (χ4v) is 1.48. The average molecular weight is 305 g/mol. The molecule has 0 fully saturated rings. The van der Waals surface area contributed by atoms with E-state index in [1.165, 1.54) is 0 Å². The lowest BCUT2D eigenvalue weighted by atomic mass is 10.1. The highest BCUT2D eigenvalue weighted by Gasteiger charge is 2.36. The van der Waals surface area contributed by atoms with E-state index >= 15 is 0 Å². The molecule has 0 aromatic rings. The van der Waals surface area contributed by atoms with E-state index in [1.807, 2.05) is 0 Å². The number of aliphatic hydroxyl groups excluding tert-OH is 1. The molecular formula is C11H23N5O5. The molecule has 0 saturated carbocycles. The van der Waals surface area contributed by atoms with Gasteiger partial charge in [0.1, 0.15) is 11.6 Å². The fourth-order valence-electron chi connectivity index (χ4n) is 1.48. The summed E-state index contributed by atoms with van der Waals surface area (Å²) in [4.78, 5) is 26.6. The van der Waals surface area contributed by atoms with E-state index in [-0.39, 0.29) is 18.9 Å². The number of guanidine groups is 1. The zero-order valence-electron chi connectivity index (χ0n) is 12.5. The first-order chi connectivity index (χ1) is 9.58. The third-order valence-electron chi connectivity index (χ3n) is 2.30. The van der Waals surface area contributed by atoms with Gasteiger partial charge in [-0.1, -0.05) is 0 Å². The molecule has 10 nitrogen and oxygen atoms in total. The van der Waals surface area contributed by atoms with Crippen LogP contribution in [0.4, 0.5) is 4.79 Å². The third kappa shape index (κ3) is 7.92. The Balaban J connectivity index is 4.77. The molecule has 0 bridgehead atoms. The van der Waals surface area contributed by atoms with Crippen LogP contribution in [0.15, 0.2) is 4.99 Å². The minimum absolute atomic E-state index is 0.0891. The van der Waals surface area contributed by atoms with Gasteiger partial charge in [0.25, 0.3) is 0 Å². The van der Waals surface area contributed by atoms with Crippen molar-refractivity contribution < 1.29 is 19.7 Å². The van der Waals surface area contributed by atoms with Crippen LogP contribution in [0.2, 0.25) is 0 Å². The highest BCUT2D eigenvalue weighted by molar-refractivity contribution is 5.75. The van der Waals surface area contributed by atoms with Gasteiger partial charge in [0, 0.05) is 6.54 Å². The van der Waals surface area contributed by atoms with Crippen LogP contribution < -0.4 is 11.5 Å². The van der Waals surface area contributed by atoms with Crippen molar-refractivity contribution in [3.8, 4) is 0 Å². The summed E-state index contributed by atoms with van der Waals surface area (Å²) in [6, 6.07) is -1.01. The smallest absolute Gasteiger partial charge is 0.440 e. The largest absolute Gasteiger partial charge is 0.469 e. The van der Waals surface area contributed by atoms with E-state index in [2.05, 4.69) is 4.99 Å². The number of nitro groups is 1. The third-order valence-corrected chi connectivity index (χ3v) is 2.30. The predicted octanol–water partition coefficient (Wildman–Crippen LogP) is -0.170. The summed E-state index contributed by atoms with van der Waals surface area (Å²) < 4.78 is 4.96. The molecule has 0 radical (unpaired) electrons. The van der Waals surface area contributed by atoms with E-state index in [9.17, 15) is 20.0 Å². The lowest BCUT2D eigenvalue weighted by Crippen LogP contribution is -2.48. The van der Waals surface area contributed by atoms with E-state index in [0.717, 1.165) is 0 Å². The standard InChI is InChI=1S/C11H23N5O5/c1-11(2,3)21-10(18)15(16(19)20)8(7-17)5-4-6-14-9(12)13/h8,17H,4-7H2,1-3H3,(H4,12,13,14). The first-order valence-corrected chi connectivity index (χ1v) is 6.41. The molecule has 0 aliphatic rings. The van der Waals surface area contributed by atoms with Crippen LogP contribution in [-0.2, 0) is 4.74 Å². The number of nitrogens with zero attached hydrogens (tertiary/aromatic N) is 3. The Morgan fingerprint density at radius 1 is 1.48 bits per heavy atom. The number of carbonyl (C=O) groups excluding carboxylic acids is 1. The second kappa shape index (κ2) is 8.25. The topological polar surface area (TPSA) is 157 Å². The van der Waals surface area contributed by atoms with Gasteiger partial charge < -0.3 is 21.3 Å². The van der Waals surface area contributed by atoms with Gasteiger partial charge in [-0.15, -0.1) is 0 Å². The van der Waals surface area contributed by atoms with Gasteiger partial charge in [0.15, 0.2) is 11.0 Å². The highest BCUT2D eigenvalue weighted by atomic mass is 16.7. The minimum Gasteiger partial charge on any atom is -0.440 e. The molecule has 0 aromatic carbocycles. The van der Waals surface area contributed by atoms with E-state index in [0.29, 0.717) is 11.4 Å². The number of aliphatic hydroxyl groups is 1. The van der Waals surface area contributed by atoms with E-state index in [4.69, 9.17) is 16.2 Å². The molecule has 10 heteroatoms. The number of amides is 1. The van der Waals surface area contributed by atoms with Gasteiger partial charge in [-0.2, -0.15) is 0 Å². The Hall–Kier alpha value is -2.10. The average Bonchev–Trinajstić information content (AvgIpc) is 2.29. The zero-order chi connectivity index (χ0) is 16.6. The molecule has 0 aromatic heterocycles. The maximum absolute atomic E-state index is 11.8. The van der Waals surface area contributed by atoms with Crippen molar-refractivity contribution in [2.75, 3.05) is 13.2 Å². The zero-order valence-corrected chi connectivity index (χ0v) is 12.5. The van der Waals surface area contributed by atoms with E-state index < -0.39 is 29.4 Å². The molecule has 1 atom stereocenters. The Kier molecular flexibility index (Phi) is 7.42. The Morgan fingerprint density at radius 2 is 2.05 bits per heavy atom. The van der Waals surface area contributed by atoms with Crippen LogP contribution in [0.1, 0.15) is 33.6 Å². The number of rotatable bonds is 7. The first kappa shape index (κ1) is 18.9. The molecule has 0 spiro atoms. The molecule has 0 aliphatic carbocycles. The molecular weight excluding hydrogens is 282 g/mol. The number of hydrogen-bond acceptors (Lipinski definition) is 6. The summed E-state index contributed by atoms with van der Waals surface area (Å²) in [5.74, 6) is -0.0891. The monoisotopic (exact) mass is 305 g/mol. The van der Waals surface area contributed by atoms with Crippen molar-refractivity contribution >= 4 is 12.1 Å². The SMILES string of the molecule is CC(C)(C)OC(=O)N(C(CO)CCCN=C(N)N)[N+](=O)[O-]. The minimum atomic E-state index is -1.12. The first-order valence-electron chi connectivity index (χ1n) is 6.41. The molecule has 0 saturated heterocycles. The van der Waals surface area contributed by atoms with Gasteiger partial charge >= 0.3 is 6.09 Å². The highest BCUT2D eigenvalue weighted by Crippen LogP contribution is 2.14. The maximum atomic E-state index is 11.8. The van der Waals surface area contributed by atoms with Crippen LogP contribution in [-0.4, -0.2) is 52.0 Å². The van der Waals surface area contributed by atoms with Gasteiger partial charge in [0.05, 0.1) is 6.61 Å². The Labute approximate surface area is 122 Å². The van der Waals surface area contributed by atoms with Crippen LogP contribution in [0.5, 0.6) is 0 Å². The number of hydrazine groups is 1. The van der Waals surface area contributed by atoms with Crippen molar-refractivity contribution in [2.24, 2.45) is 16.5 Å². The molecule has 122 valence electrons. The number of nitrogens with two attached hydrogens (primary N) is 2. The normalized spacial score (nSPS) is 12.4. The maximum Gasteiger partial charge on any atom is 0.469 e. The molecule has 1 amide bonds. The number of hydrogen-bond donors (Lipinski definition) is 3. The lowest BCUT2D eigenvalue weighted by molar-refractivity contribution is -0.645. The van der Waals surface area contributed by atoms with Gasteiger partial charge in [-0.25, -0.2) is 14.9 Å². The molecule has 1 unspecified atom stereocenters. The van der Waals surface area contributed by atoms with Crippen molar-refractivity contribution in [3.63, 3.8) is 0 Å². The molecule has 0 heterocycles. The molecule has 0 rings (SSSR count). The van der Waals surface area contributed by atoms with Crippen LogP contribution in [0.25, 0.3) is 0 Å². The van der Waals surface area contributed by atoms with Gasteiger partial charge in [0.2, 0.25) is 0 Å². The van der Waals surface area contributed by atoms with Crippen LogP contribution in [0.3, 0.4) is 0 Å². The number of ether oxygens (including phenoxy) is 1. The van der Waals surface area contributed by atoms with Crippen LogP contribution >= 0.6 is 0 Å². The second-order valence-corrected chi connectivity index (χ2v) is 5.35. The molecule has 5 N–H and O–H groups in total. The van der Waals surface area contributed by atoms with Crippen LogP contribution in [0, 0.1) is 10.1 Å². The second-order valence-electron chi connectivity index (χ2n) is 5.35. The molecule has 0 aliphatic heterocycles. The van der Waals surface area contributed by atoms with Crippen molar-refractivity contribution in [1.82, 2.24) is 5.01 Å².